The molecule has 1 amide bonds. The molecule has 0 saturated heterocycles. The fraction of sp³-hybridized carbons (Fsp3) is 0.400. The van der Waals surface area contributed by atoms with Crippen LogP contribution in [0.15, 0.2) is 59.7 Å². The van der Waals surface area contributed by atoms with Gasteiger partial charge in [-0.3, -0.25) is 9.59 Å². The van der Waals surface area contributed by atoms with E-state index in [0.717, 1.165) is 48.0 Å². The molecule has 1 aromatic heterocycles. The SMILES string of the molecule is CC/C=C(NC)/C(C=O)=C/C(C)=C\N(C)Cc1cccc2ncn(C)c12.O=CNC1CC1. The van der Waals surface area contributed by atoms with Crippen molar-refractivity contribution in [3.05, 3.63) is 65.3 Å². The molecule has 1 heterocycles. The fourth-order valence-electron chi connectivity index (χ4n) is 3.46. The predicted molar refractivity (Wildman–Crippen MR) is 130 cm³/mol. The summed E-state index contributed by atoms with van der Waals surface area (Å²) in [7, 11) is 5.88. The predicted octanol–water partition coefficient (Wildman–Crippen LogP) is 3.44. The number of likely N-dealkylation sites (N-methyl/N-ethyl adjacent to an activating group) is 1. The molecule has 0 radical (unpaired) electrons. The fourth-order valence-corrected chi connectivity index (χ4v) is 3.46. The highest BCUT2D eigenvalue weighted by Crippen LogP contribution is 2.19. The molecule has 0 aliphatic heterocycles. The van der Waals surface area contributed by atoms with Crippen LogP contribution >= 0.6 is 0 Å². The number of benzene rings is 1. The van der Waals surface area contributed by atoms with Gasteiger partial charge in [-0.2, -0.15) is 0 Å². The molecule has 32 heavy (non-hydrogen) atoms. The van der Waals surface area contributed by atoms with Crippen molar-refractivity contribution >= 4 is 23.7 Å². The molecule has 0 spiro atoms. The van der Waals surface area contributed by atoms with Crippen LogP contribution in [0, 0.1) is 0 Å². The largest absolute Gasteiger partial charge is 0.388 e. The van der Waals surface area contributed by atoms with Crippen LogP contribution in [-0.4, -0.2) is 47.3 Å². The van der Waals surface area contributed by atoms with Crippen LogP contribution in [0.25, 0.3) is 11.0 Å². The number of amides is 1. The molecule has 1 fully saturated rings. The van der Waals surface area contributed by atoms with Crippen molar-refractivity contribution < 1.29 is 9.59 Å². The highest BCUT2D eigenvalue weighted by Gasteiger charge is 2.19. The third-order valence-corrected chi connectivity index (χ3v) is 5.04. The second-order valence-corrected chi connectivity index (χ2v) is 7.98. The number of para-hydroxylation sites is 1. The van der Waals surface area contributed by atoms with E-state index in [0.29, 0.717) is 11.6 Å². The molecular formula is C25H35N5O2. The van der Waals surface area contributed by atoms with Crippen molar-refractivity contribution in [3.63, 3.8) is 0 Å². The Kier molecular flexibility index (Phi) is 9.73. The van der Waals surface area contributed by atoms with Gasteiger partial charge >= 0.3 is 0 Å². The Morgan fingerprint density at radius 1 is 1.31 bits per heavy atom. The van der Waals surface area contributed by atoms with Gasteiger partial charge < -0.3 is 20.1 Å². The second kappa shape index (κ2) is 12.5. The zero-order valence-electron chi connectivity index (χ0n) is 19.8. The van der Waals surface area contributed by atoms with E-state index in [2.05, 4.69) is 39.7 Å². The van der Waals surface area contributed by atoms with E-state index in [1.165, 1.54) is 18.4 Å². The molecule has 1 saturated carbocycles. The second-order valence-electron chi connectivity index (χ2n) is 7.98. The Morgan fingerprint density at radius 3 is 2.62 bits per heavy atom. The number of nitrogens with one attached hydrogen (secondary N) is 2. The number of hydrogen-bond acceptors (Lipinski definition) is 5. The van der Waals surface area contributed by atoms with E-state index in [-0.39, 0.29) is 0 Å². The van der Waals surface area contributed by atoms with Gasteiger partial charge in [0.2, 0.25) is 6.41 Å². The van der Waals surface area contributed by atoms with E-state index in [4.69, 9.17) is 0 Å². The maximum absolute atomic E-state index is 11.4. The molecule has 1 aromatic carbocycles. The molecule has 172 valence electrons. The summed E-state index contributed by atoms with van der Waals surface area (Å²) < 4.78 is 2.05. The summed E-state index contributed by atoms with van der Waals surface area (Å²) in [5.41, 5.74) is 5.91. The first kappa shape index (κ1) is 24.9. The van der Waals surface area contributed by atoms with Gasteiger partial charge in [0.05, 0.1) is 17.4 Å². The quantitative estimate of drug-likeness (QED) is 0.338. The van der Waals surface area contributed by atoms with Gasteiger partial charge in [-0.05, 0) is 49.5 Å². The van der Waals surface area contributed by atoms with Crippen molar-refractivity contribution in [1.29, 1.82) is 0 Å². The first-order valence-corrected chi connectivity index (χ1v) is 11.0. The summed E-state index contributed by atoms with van der Waals surface area (Å²) in [5, 5.41) is 5.73. The Labute approximate surface area is 190 Å². The summed E-state index contributed by atoms with van der Waals surface area (Å²) in [4.78, 5) is 27.5. The lowest BCUT2D eigenvalue weighted by atomic mass is 10.1. The summed E-state index contributed by atoms with van der Waals surface area (Å²) in [6.07, 6.45) is 12.7. The van der Waals surface area contributed by atoms with Gasteiger partial charge in [0.25, 0.3) is 0 Å². The number of nitrogens with zero attached hydrogens (tertiary/aromatic N) is 3. The van der Waals surface area contributed by atoms with Gasteiger partial charge in [0.15, 0.2) is 6.29 Å². The monoisotopic (exact) mass is 437 g/mol. The Bertz CT molecular complexity index is 999. The van der Waals surface area contributed by atoms with E-state index in [1.54, 1.807) is 0 Å². The van der Waals surface area contributed by atoms with E-state index >= 15 is 0 Å². The lowest BCUT2D eigenvalue weighted by Crippen LogP contribution is -2.12. The maximum Gasteiger partial charge on any atom is 0.207 e. The molecule has 0 bridgehead atoms. The smallest absolute Gasteiger partial charge is 0.207 e. The molecular weight excluding hydrogens is 402 g/mol. The molecule has 7 heteroatoms. The number of hydrogen-bond donors (Lipinski definition) is 2. The van der Waals surface area contributed by atoms with Crippen molar-refractivity contribution in [2.75, 3.05) is 14.1 Å². The Morgan fingerprint density at radius 2 is 2.06 bits per heavy atom. The normalized spacial score (nSPS) is 14.5. The molecule has 1 aliphatic carbocycles. The average Bonchev–Trinajstić information content (AvgIpc) is 3.51. The molecule has 0 atom stereocenters. The number of carbonyl (C=O) groups excluding carboxylic acids is 2. The van der Waals surface area contributed by atoms with Crippen LogP contribution in [0.2, 0.25) is 0 Å². The summed E-state index contributed by atoms with van der Waals surface area (Å²) in [5.74, 6) is 0. The summed E-state index contributed by atoms with van der Waals surface area (Å²) in [6, 6.07) is 6.72. The van der Waals surface area contributed by atoms with Crippen LogP contribution in [0.3, 0.4) is 0 Å². The van der Waals surface area contributed by atoms with Gasteiger partial charge in [0, 0.05) is 51.2 Å². The van der Waals surface area contributed by atoms with E-state index in [9.17, 15) is 9.59 Å². The molecule has 0 unspecified atom stereocenters. The van der Waals surface area contributed by atoms with Gasteiger partial charge in [0.1, 0.15) is 0 Å². The van der Waals surface area contributed by atoms with Crippen molar-refractivity contribution in [1.82, 2.24) is 25.1 Å². The van der Waals surface area contributed by atoms with Crippen LogP contribution in [0.4, 0.5) is 0 Å². The number of allylic oxidation sites excluding steroid dienone is 4. The van der Waals surface area contributed by atoms with Crippen LogP contribution in [0.1, 0.15) is 38.7 Å². The van der Waals surface area contributed by atoms with Crippen LogP contribution in [0.5, 0.6) is 0 Å². The third kappa shape index (κ3) is 7.41. The Hall–Kier alpha value is -3.35. The van der Waals surface area contributed by atoms with E-state index < -0.39 is 0 Å². The van der Waals surface area contributed by atoms with Crippen LogP contribution in [-0.2, 0) is 23.2 Å². The summed E-state index contributed by atoms with van der Waals surface area (Å²) >= 11 is 0. The number of aryl methyl sites for hydroxylation is 1. The molecule has 1 aliphatic rings. The Balaban J connectivity index is 0.000000520. The maximum atomic E-state index is 11.4. The highest BCUT2D eigenvalue weighted by atomic mass is 16.1. The van der Waals surface area contributed by atoms with Crippen molar-refractivity contribution in [3.8, 4) is 0 Å². The van der Waals surface area contributed by atoms with Crippen LogP contribution < -0.4 is 10.6 Å². The summed E-state index contributed by atoms with van der Waals surface area (Å²) in [6.45, 7) is 4.82. The third-order valence-electron chi connectivity index (χ3n) is 5.04. The number of aldehydes is 1. The molecule has 7 nitrogen and oxygen atoms in total. The average molecular weight is 438 g/mol. The number of aromatic nitrogens is 2. The molecule has 2 N–H and O–H groups in total. The zero-order valence-corrected chi connectivity index (χ0v) is 19.8. The minimum atomic E-state index is 0.530. The minimum absolute atomic E-state index is 0.530. The lowest BCUT2D eigenvalue weighted by molar-refractivity contribution is -0.109. The zero-order chi connectivity index (χ0) is 23.5. The van der Waals surface area contributed by atoms with Gasteiger partial charge in [-0.1, -0.05) is 25.1 Å². The molecule has 3 rings (SSSR count). The molecule has 2 aromatic rings. The lowest BCUT2D eigenvalue weighted by Gasteiger charge is -2.16. The van der Waals surface area contributed by atoms with E-state index in [1.807, 2.05) is 63.2 Å². The topological polar surface area (TPSA) is 79.3 Å². The highest BCUT2D eigenvalue weighted by molar-refractivity contribution is 5.81. The van der Waals surface area contributed by atoms with Gasteiger partial charge in [-0.25, -0.2) is 4.98 Å². The number of carbonyl (C=O) groups is 2. The minimum Gasteiger partial charge on any atom is -0.388 e. The number of imidazole rings is 1. The number of rotatable bonds is 10. The first-order chi connectivity index (χ1) is 15.4. The number of fused-ring (bicyclic) bond motifs is 1. The standard InChI is InChI=1S/C21H28N4O.C4H7NO/c1-6-8-19(22-3)18(14-26)11-16(2)12-24(4)13-17-9-7-10-20-21(17)25(5)15-23-20;6-3-5-4-1-2-4/h7-12,14-15,22H,6,13H2,1-5H3;3-4H,1-2H2,(H,5,6)/b16-12-,18-11+,19-8-;. The van der Waals surface area contributed by atoms with Crippen molar-refractivity contribution in [2.45, 2.75) is 45.7 Å². The van der Waals surface area contributed by atoms with Crippen molar-refractivity contribution in [2.24, 2.45) is 7.05 Å². The first-order valence-electron chi connectivity index (χ1n) is 11.0. The van der Waals surface area contributed by atoms with Gasteiger partial charge in [-0.15, -0.1) is 0 Å².